The van der Waals surface area contributed by atoms with Crippen LogP contribution >= 0.6 is 0 Å². The van der Waals surface area contributed by atoms with Crippen LogP contribution in [0.5, 0.6) is 0 Å². The second-order valence-electron chi connectivity index (χ2n) is 4.69. The Hall–Kier alpha value is -1.74. The number of halogens is 1. The predicted molar refractivity (Wildman–Crippen MR) is 75.5 cm³/mol. The molecular formula is C16H19FN2. The first-order valence-electron chi connectivity index (χ1n) is 6.59. The largest absolute Gasteiger partial charge is 0.310 e. The van der Waals surface area contributed by atoms with E-state index >= 15 is 0 Å². The van der Waals surface area contributed by atoms with Crippen molar-refractivity contribution in [3.8, 4) is 0 Å². The first-order valence-corrected chi connectivity index (χ1v) is 6.59. The van der Waals surface area contributed by atoms with Crippen molar-refractivity contribution < 1.29 is 4.39 Å². The summed E-state index contributed by atoms with van der Waals surface area (Å²) in [7, 11) is 0. The first kappa shape index (κ1) is 13.7. The maximum absolute atomic E-state index is 14.0. The number of nitrogens with one attached hydrogen (secondary N) is 1. The van der Waals surface area contributed by atoms with E-state index in [0.717, 1.165) is 29.7 Å². The number of benzene rings is 1. The molecule has 2 nitrogen and oxygen atoms in total. The van der Waals surface area contributed by atoms with Crippen LogP contribution in [0.4, 0.5) is 4.39 Å². The van der Waals surface area contributed by atoms with Gasteiger partial charge in [0.1, 0.15) is 5.82 Å². The summed E-state index contributed by atoms with van der Waals surface area (Å²) in [4.78, 5) is 4.01. The highest BCUT2D eigenvalue weighted by molar-refractivity contribution is 5.28. The smallest absolute Gasteiger partial charge is 0.128 e. The van der Waals surface area contributed by atoms with Crippen LogP contribution in [0.15, 0.2) is 42.7 Å². The highest BCUT2D eigenvalue weighted by atomic mass is 19.1. The molecule has 1 atom stereocenters. The van der Waals surface area contributed by atoms with E-state index in [-0.39, 0.29) is 11.9 Å². The summed E-state index contributed by atoms with van der Waals surface area (Å²) in [5.41, 5.74) is 2.97. The van der Waals surface area contributed by atoms with Gasteiger partial charge in [-0.1, -0.05) is 24.6 Å². The molecule has 2 rings (SSSR count). The van der Waals surface area contributed by atoms with Crippen LogP contribution < -0.4 is 5.32 Å². The minimum Gasteiger partial charge on any atom is -0.310 e. The highest BCUT2D eigenvalue weighted by Crippen LogP contribution is 2.22. The van der Waals surface area contributed by atoms with Gasteiger partial charge in [-0.15, -0.1) is 0 Å². The molecule has 1 heterocycles. The van der Waals surface area contributed by atoms with Gasteiger partial charge in [-0.05, 0) is 43.7 Å². The molecule has 0 aliphatic heterocycles. The highest BCUT2D eigenvalue weighted by Gasteiger charge is 2.15. The van der Waals surface area contributed by atoms with E-state index in [9.17, 15) is 4.39 Å². The fourth-order valence-electron chi connectivity index (χ4n) is 2.22. The number of aromatic nitrogens is 1. The van der Waals surface area contributed by atoms with Crippen molar-refractivity contribution in [2.75, 3.05) is 6.54 Å². The van der Waals surface area contributed by atoms with Gasteiger partial charge in [0, 0.05) is 24.0 Å². The molecule has 3 heteroatoms. The van der Waals surface area contributed by atoms with Crippen molar-refractivity contribution >= 4 is 0 Å². The van der Waals surface area contributed by atoms with Gasteiger partial charge < -0.3 is 5.32 Å². The van der Waals surface area contributed by atoms with E-state index < -0.39 is 0 Å². The number of hydrogen-bond acceptors (Lipinski definition) is 2. The monoisotopic (exact) mass is 258 g/mol. The maximum Gasteiger partial charge on any atom is 0.128 e. The Bertz CT molecular complexity index is 526. The predicted octanol–water partition coefficient (Wildman–Crippen LogP) is 3.42. The SMILES string of the molecule is CCNC(Cc1ccncc1)c1cc(C)ccc1F. The zero-order valence-electron chi connectivity index (χ0n) is 11.4. The number of likely N-dealkylation sites (N-methyl/N-ethyl adjacent to an activating group) is 1. The first-order chi connectivity index (χ1) is 9.20. The van der Waals surface area contributed by atoms with Gasteiger partial charge in [-0.3, -0.25) is 4.98 Å². The number of pyridine rings is 1. The molecule has 1 aromatic heterocycles. The lowest BCUT2D eigenvalue weighted by molar-refractivity contribution is 0.509. The summed E-state index contributed by atoms with van der Waals surface area (Å²) in [6, 6.07) is 9.20. The van der Waals surface area contributed by atoms with Gasteiger partial charge in [0.05, 0.1) is 0 Å². The number of aryl methyl sites for hydroxylation is 1. The zero-order chi connectivity index (χ0) is 13.7. The van der Waals surface area contributed by atoms with Gasteiger partial charge in [0.2, 0.25) is 0 Å². The van der Waals surface area contributed by atoms with Gasteiger partial charge in [-0.25, -0.2) is 4.39 Å². The van der Waals surface area contributed by atoms with Crippen LogP contribution in [0.2, 0.25) is 0 Å². The number of rotatable bonds is 5. The fourth-order valence-corrected chi connectivity index (χ4v) is 2.22. The van der Waals surface area contributed by atoms with Crippen molar-refractivity contribution in [2.45, 2.75) is 26.3 Å². The molecule has 1 N–H and O–H groups in total. The topological polar surface area (TPSA) is 24.9 Å². The van der Waals surface area contributed by atoms with Gasteiger partial charge in [0.25, 0.3) is 0 Å². The zero-order valence-corrected chi connectivity index (χ0v) is 11.4. The van der Waals surface area contributed by atoms with Crippen molar-refractivity contribution in [3.05, 3.63) is 65.2 Å². The lowest BCUT2D eigenvalue weighted by atomic mass is 9.97. The molecule has 0 saturated carbocycles. The van der Waals surface area contributed by atoms with E-state index in [2.05, 4.69) is 10.3 Å². The third kappa shape index (κ3) is 3.61. The Morgan fingerprint density at radius 1 is 1.21 bits per heavy atom. The Morgan fingerprint density at radius 2 is 1.95 bits per heavy atom. The molecule has 0 radical (unpaired) electrons. The Labute approximate surface area is 113 Å². The Kier molecular flexibility index (Phi) is 4.63. The second-order valence-corrected chi connectivity index (χ2v) is 4.69. The molecule has 0 spiro atoms. The van der Waals surface area contributed by atoms with E-state index in [1.54, 1.807) is 24.5 Å². The summed E-state index contributed by atoms with van der Waals surface area (Å²) in [6.45, 7) is 4.83. The summed E-state index contributed by atoms with van der Waals surface area (Å²) in [6.07, 6.45) is 4.30. The van der Waals surface area contributed by atoms with E-state index in [0.29, 0.717) is 0 Å². The molecular weight excluding hydrogens is 239 g/mol. The minimum atomic E-state index is -0.148. The Morgan fingerprint density at radius 3 is 2.63 bits per heavy atom. The average molecular weight is 258 g/mol. The molecule has 0 fully saturated rings. The molecule has 0 bridgehead atoms. The molecule has 0 aliphatic carbocycles. The van der Waals surface area contributed by atoms with Crippen molar-refractivity contribution in [2.24, 2.45) is 0 Å². The lowest BCUT2D eigenvalue weighted by Crippen LogP contribution is -2.24. The average Bonchev–Trinajstić information content (AvgIpc) is 2.42. The molecule has 1 unspecified atom stereocenters. The van der Waals surface area contributed by atoms with Crippen LogP contribution in [0, 0.1) is 12.7 Å². The number of nitrogens with zero attached hydrogens (tertiary/aromatic N) is 1. The molecule has 0 aliphatic rings. The maximum atomic E-state index is 14.0. The third-order valence-electron chi connectivity index (χ3n) is 3.17. The van der Waals surface area contributed by atoms with Crippen molar-refractivity contribution in [1.29, 1.82) is 0 Å². The van der Waals surface area contributed by atoms with Gasteiger partial charge in [0.15, 0.2) is 0 Å². The lowest BCUT2D eigenvalue weighted by Gasteiger charge is -2.19. The van der Waals surface area contributed by atoms with Crippen LogP contribution in [-0.2, 0) is 6.42 Å². The molecule has 2 aromatic rings. The van der Waals surface area contributed by atoms with Crippen LogP contribution in [-0.4, -0.2) is 11.5 Å². The molecule has 19 heavy (non-hydrogen) atoms. The third-order valence-corrected chi connectivity index (χ3v) is 3.17. The standard InChI is InChI=1S/C16H19FN2/c1-3-19-16(11-13-6-8-18-9-7-13)14-10-12(2)4-5-15(14)17/h4-10,16,19H,3,11H2,1-2H3. The molecule has 100 valence electrons. The summed E-state index contributed by atoms with van der Waals surface area (Å²) in [5, 5.41) is 3.36. The summed E-state index contributed by atoms with van der Waals surface area (Å²) in [5.74, 6) is -0.148. The quantitative estimate of drug-likeness (QED) is 0.888. The van der Waals surface area contributed by atoms with Crippen molar-refractivity contribution in [3.63, 3.8) is 0 Å². The van der Waals surface area contributed by atoms with E-state index in [1.807, 2.05) is 32.0 Å². The van der Waals surface area contributed by atoms with Crippen molar-refractivity contribution in [1.82, 2.24) is 10.3 Å². The number of hydrogen-bond donors (Lipinski definition) is 1. The van der Waals surface area contributed by atoms with Gasteiger partial charge >= 0.3 is 0 Å². The van der Waals surface area contributed by atoms with E-state index in [1.165, 1.54) is 0 Å². The second kappa shape index (κ2) is 6.43. The van der Waals surface area contributed by atoms with Crippen LogP contribution in [0.1, 0.15) is 29.7 Å². The fraction of sp³-hybridized carbons (Fsp3) is 0.312. The summed E-state index contributed by atoms with van der Waals surface area (Å²) >= 11 is 0. The molecule has 0 saturated heterocycles. The van der Waals surface area contributed by atoms with Crippen LogP contribution in [0.25, 0.3) is 0 Å². The normalized spacial score (nSPS) is 12.4. The Balaban J connectivity index is 2.27. The van der Waals surface area contributed by atoms with Gasteiger partial charge in [-0.2, -0.15) is 0 Å². The minimum absolute atomic E-state index is 0.00713. The molecule has 1 aromatic carbocycles. The van der Waals surface area contributed by atoms with E-state index in [4.69, 9.17) is 0 Å². The van der Waals surface area contributed by atoms with Crippen LogP contribution in [0.3, 0.4) is 0 Å². The molecule has 0 amide bonds. The summed E-state index contributed by atoms with van der Waals surface area (Å²) < 4.78 is 14.0.